The van der Waals surface area contributed by atoms with E-state index in [4.69, 9.17) is 0 Å². The molecule has 0 aliphatic rings. The first kappa shape index (κ1) is 20.9. The van der Waals surface area contributed by atoms with Gasteiger partial charge in [-0.3, -0.25) is 0 Å². The van der Waals surface area contributed by atoms with Gasteiger partial charge >= 0.3 is 48.9 Å². The largest absolute Gasteiger partial charge is 2.00 e. The smallest absolute Gasteiger partial charge is 0.550 e. The van der Waals surface area contributed by atoms with Crippen LogP contribution in [0.3, 0.4) is 0 Å². The van der Waals surface area contributed by atoms with E-state index in [1.54, 1.807) is 13.8 Å². The topological polar surface area (TPSA) is 80.3 Å². The molecule has 0 aromatic rings. The van der Waals surface area contributed by atoms with Crippen LogP contribution in [0.1, 0.15) is 40.5 Å². The number of rotatable bonds is 4. The quantitative estimate of drug-likeness (QED) is 0.627. The molecular weight excluding hydrogens is 321 g/mol. The van der Waals surface area contributed by atoms with Gasteiger partial charge in [0.05, 0.1) is 0 Å². The Morgan fingerprint density at radius 3 is 1.13 bits per heavy atom. The number of carbonyl (C=O) groups excluding carboxylic acids is 2. The summed E-state index contributed by atoms with van der Waals surface area (Å²) in [6, 6.07) is 0. The SMILES string of the molecule is CCC(C)C(=O)[O-].CCC(C)C(=O)[O-].[Ba+2]. The summed E-state index contributed by atoms with van der Waals surface area (Å²) in [7, 11) is 0. The van der Waals surface area contributed by atoms with Crippen LogP contribution < -0.4 is 10.2 Å². The molecule has 0 aliphatic carbocycles. The van der Waals surface area contributed by atoms with Crippen LogP contribution in [0.25, 0.3) is 0 Å². The van der Waals surface area contributed by atoms with Crippen LogP contribution in [0, 0.1) is 11.8 Å². The van der Waals surface area contributed by atoms with Gasteiger partial charge in [0.1, 0.15) is 0 Å². The van der Waals surface area contributed by atoms with E-state index >= 15 is 0 Å². The summed E-state index contributed by atoms with van der Waals surface area (Å²) in [5, 5.41) is 19.6. The minimum Gasteiger partial charge on any atom is -0.550 e. The monoisotopic (exact) mass is 340 g/mol. The van der Waals surface area contributed by atoms with Crippen LogP contribution in [-0.4, -0.2) is 60.8 Å². The summed E-state index contributed by atoms with van der Waals surface area (Å²) in [6.45, 7) is 6.91. The zero-order valence-electron chi connectivity index (χ0n) is 9.91. The van der Waals surface area contributed by atoms with Crippen molar-refractivity contribution in [2.75, 3.05) is 0 Å². The predicted molar refractivity (Wildman–Crippen MR) is 54.7 cm³/mol. The molecule has 0 spiro atoms. The van der Waals surface area contributed by atoms with Gasteiger partial charge in [-0.15, -0.1) is 0 Å². The normalized spacial score (nSPS) is 12.5. The van der Waals surface area contributed by atoms with Gasteiger partial charge in [-0.2, -0.15) is 0 Å². The Labute approximate surface area is 132 Å². The van der Waals surface area contributed by atoms with E-state index in [9.17, 15) is 19.8 Å². The van der Waals surface area contributed by atoms with E-state index in [0.717, 1.165) is 0 Å². The number of aliphatic carboxylic acids is 2. The van der Waals surface area contributed by atoms with Gasteiger partial charge < -0.3 is 19.8 Å². The molecule has 2 unspecified atom stereocenters. The van der Waals surface area contributed by atoms with E-state index in [0.29, 0.717) is 12.8 Å². The van der Waals surface area contributed by atoms with E-state index < -0.39 is 11.9 Å². The maximum atomic E-state index is 9.82. The third-order valence-corrected chi connectivity index (χ3v) is 2.03. The van der Waals surface area contributed by atoms with Gasteiger partial charge in [-0.05, 0) is 24.7 Å². The molecule has 0 fully saturated rings. The first-order valence-corrected chi connectivity index (χ1v) is 4.78. The summed E-state index contributed by atoms with van der Waals surface area (Å²) in [5.74, 6) is -2.50. The molecule has 5 heteroatoms. The summed E-state index contributed by atoms with van der Waals surface area (Å²) in [5.41, 5.74) is 0. The van der Waals surface area contributed by atoms with Crippen LogP contribution in [-0.2, 0) is 9.59 Å². The third-order valence-electron chi connectivity index (χ3n) is 2.03. The first-order chi connectivity index (χ1) is 6.36. The second-order valence-corrected chi connectivity index (χ2v) is 3.26. The molecule has 0 aromatic carbocycles. The Morgan fingerprint density at radius 2 is 1.13 bits per heavy atom. The molecule has 0 aliphatic heterocycles. The van der Waals surface area contributed by atoms with Crippen molar-refractivity contribution in [3.8, 4) is 0 Å². The zero-order valence-corrected chi connectivity index (χ0v) is 14.3. The van der Waals surface area contributed by atoms with Gasteiger partial charge in [-0.25, -0.2) is 0 Å². The molecule has 0 heterocycles. The van der Waals surface area contributed by atoms with E-state index in [1.165, 1.54) is 0 Å². The van der Waals surface area contributed by atoms with Crippen molar-refractivity contribution in [3.63, 3.8) is 0 Å². The number of carboxylic acids is 2. The van der Waals surface area contributed by atoms with Gasteiger partial charge in [0.15, 0.2) is 0 Å². The Balaban J connectivity index is -0.000000180. The molecule has 0 radical (unpaired) electrons. The van der Waals surface area contributed by atoms with E-state index in [1.807, 2.05) is 13.8 Å². The van der Waals surface area contributed by atoms with Crippen molar-refractivity contribution >= 4 is 60.8 Å². The molecule has 0 saturated heterocycles. The maximum Gasteiger partial charge on any atom is 2.00 e. The van der Waals surface area contributed by atoms with Crippen molar-refractivity contribution in [1.82, 2.24) is 0 Å². The van der Waals surface area contributed by atoms with Crippen molar-refractivity contribution in [2.45, 2.75) is 40.5 Å². The third kappa shape index (κ3) is 14.5. The summed E-state index contributed by atoms with van der Waals surface area (Å²) >= 11 is 0. The average Bonchev–Trinajstić information content (AvgIpc) is 2.15. The van der Waals surface area contributed by atoms with Crippen molar-refractivity contribution in [1.29, 1.82) is 0 Å². The van der Waals surface area contributed by atoms with Crippen molar-refractivity contribution in [2.24, 2.45) is 11.8 Å². The first-order valence-electron chi connectivity index (χ1n) is 4.78. The molecule has 0 saturated carbocycles. The van der Waals surface area contributed by atoms with Gasteiger partial charge in [0.25, 0.3) is 0 Å². The molecular formula is C10H18BaO4. The van der Waals surface area contributed by atoms with Crippen LogP contribution >= 0.6 is 0 Å². The number of hydrogen-bond donors (Lipinski definition) is 0. The summed E-state index contributed by atoms with van der Waals surface area (Å²) in [6.07, 6.45) is 1.31. The Kier molecular flexibility index (Phi) is 17.5. The summed E-state index contributed by atoms with van der Waals surface area (Å²) < 4.78 is 0. The zero-order chi connectivity index (χ0) is 11.7. The van der Waals surface area contributed by atoms with Crippen molar-refractivity contribution in [3.05, 3.63) is 0 Å². The molecule has 0 N–H and O–H groups in total. The van der Waals surface area contributed by atoms with Gasteiger partial charge in [0, 0.05) is 11.9 Å². The van der Waals surface area contributed by atoms with E-state index in [2.05, 4.69) is 0 Å². The van der Waals surface area contributed by atoms with Gasteiger partial charge in [-0.1, -0.05) is 27.7 Å². The Bertz CT molecular complexity index is 162. The fraction of sp³-hybridized carbons (Fsp3) is 0.800. The van der Waals surface area contributed by atoms with Crippen molar-refractivity contribution < 1.29 is 19.8 Å². The molecule has 15 heavy (non-hydrogen) atoms. The molecule has 84 valence electrons. The summed E-state index contributed by atoms with van der Waals surface area (Å²) in [4.78, 5) is 19.6. The van der Waals surface area contributed by atoms with Gasteiger partial charge in [0.2, 0.25) is 0 Å². The minimum atomic E-state index is -0.956. The molecule has 0 rings (SSSR count). The van der Waals surface area contributed by atoms with Crippen LogP contribution in [0.2, 0.25) is 0 Å². The number of hydrogen-bond acceptors (Lipinski definition) is 4. The number of carboxylic acid groups (broad SMARTS) is 2. The Hall–Kier alpha value is 0.511. The number of carbonyl (C=O) groups is 2. The standard InChI is InChI=1S/2C5H10O2.Ba/c2*1-3-4(2)5(6)7;/h2*4H,3H2,1-2H3,(H,6,7);/q;;+2/p-2. The van der Waals surface area contributed by atoms with Crippen LogP contribution in [0.4, 0.5) is 0 Å². The predicted octanol–water partition coefficient (Wildman–Crippen LogP) is -0.816. The second kappa shape index (κ2) is 12.6. The van der Waals surface area contributed by atoms with Crippen LogP contribution in [0.15, 0.2) is 0 Å². The van der Waals surface area contributed by atoms with E-state index in [-0.39, 0.29) is 60.7 Å². The maximum absolute atomic E-state index is 9.82. The molecule has 0 aromatic heterocycles. The molecule has 0 bridgehead atoms. The molecule has 2 atom stereocenters. The second-order valence-electron chi connectivity index (χ2n) is 3.26. The molecule has 4 nitrogen and oxygen atoms in total. The average molecular weight is 340 g/mol. The fourth-order valence-corrected chi connectivity index (χ4v) is 0.333. The minimum absolute atomic E-state index is 0. The fourth-order valence-electron chi connectivity index (χ4n) is 0.333. The van der Waals surface area contributed by atoms with Crippen LogP contribution in [0.5, 0.6) is 0 Å². The Morgan fingerprint density at radius 1 is 0.933 bits per heavy atom. The molecule has 0 amide bonds.